The second-order valence-corrected chi connectivity index (χ2v) is 1.75. The van der Waals surface area contributed by atoms with Gasteiger partial charge < -0.3 is 5.73 Å². The topological polar surface area (TPSA) is 38.9 Å². The zero-order valence-electron chi connectivity index (χ0n) is 4.05. The molecule has 1 rings (SSSR count). The lowest BCUT2D eigenvalue weighted by Crippen LogP contribution is -1.84. The maximum Gasteiger partial charge on any atom is 0.0808 e. The lowest BCUT2D eigenvalue weighted by Gasteiger charge is -1.86. The van der Waals surface area contributed by atoms with Gasteiger partial charge in [-0.1, -0.05) is 0 Å². The first-order chi connectivity index (χ1) is 3.80. The number of nitrogens with zero attached hydrogens (tertiary/aromatic N) is 1. The molecule has 8 heavy (non-hydrogen) atoms. The summed E-state index contributed by atoms with van der Waals surface area (Å²) in [6, 6.07) is 2.60. The molecule has 1 heterocycles. The molecule has 0 fully saturated rings. The molecular weight excluding hydrogens is 120 g/mol. The molecule has 0 aliphatic heterocycles. The molecule has 0 aromatic carbocycles. The van der Waals surface area contributed by atoms with E-state index in [0.717, 1.165) is 0 Å². The third-order valence-corrected chi connectivity index (χ3v) is 1.09. The van der Waals surface area contributed by atoms with E-state index in [1.54, 1.807) is 0 Å². The van der Waals surface area contributed by atoms with Crippen LogP contribution in [0.3, 0.4) is 0 Å². The van der Waals surface area contributed by atoms with Crippen molar-refractivity contribution in [1.82, 2.24) is 4.98 Å². The Hall–Kier alpha value is -0.880. The van der Waals surface area contributed by atoms with Gasteiger partial charge >= 0.3 is 0 Å². The molecule has 0 amide bonds. The van der Waals surface area contributed by atoms with Crippen molar-refractivity contribution in [2.24, 2.45) is 0 Å². The number of nitrogen functional groups attached to an aromatic ring is 1. The summed E-state index contributed by atoms with van der Waals surface area (Å²) < 4.78 is 0. The Kier molecular flexibility index (Phi) is 1.27. The Bertz CT molecular complexity index is 167. The normalized spacial score (nSPS) is 8.12. The quantitative estimate of drug-likeness (QED) is 0.496. The van der Waals surface area contributed by atoms with E-state index in [4.69, 9.17) is 5.73 Å². The van der Waals surface area contributed by atoms with Crippen molar-refractivity contribution in [2.45, 2.75) is 4.90 Å². The van der Waals surface area contributed by atoms with Gasteiger partial charge in [-0.3, -0.25) is 0 Å². The monoisotopic (exact) mass is 124 g/mol. The largest absolute Gasteiger partial charge is 0.396 e. The Morgan fingerprint density at radius 2 is 2.50 bits per heavy atom. The minimum Gasteiger partial charge on any atom is -0.396 e. The van der Waals surface area contributed by atoms with Gasteiger partial charge in [0.05, 0.1) is 16.8 Å². The zero-order chi connectivity index (χ0) is 5.98. The molecule has 0 unspecified atom stereocenters. The van der Waals surface area contributed by atoms with Gasteiger partial charge in [0, 0.05) is 6.20 Å². The smallest absolute Gasteiger partial charge is 0.0808 e. The molecule has 2 N–H and O–H groups in total. The average Bonchev–Trinajstić information content (AvgIpc) is 1.77. The molecule has 0 atom stereocenters. The molecule has 0 aliphatic rings. The van der Waals surface area contributed by atoms with Crippen LogP contribution in [0.4, 0.5) is 5.69 Å². The molecule has 1 aromatic rings. The maximum atomic E-state index is 5.33. The third-order valence-electron chi connectivity index (χ3n) is 0.716. The summed E-state index contributed by atoms with van der Waals surface area (Å²) in [6.07, 6.45) is 3.96. The second kappa shape index (κ2) is 1.93. The van der Waals surface area contributed by atoms with Crippen LogP contribution in [0.15, 0.2) is 11.1 Å². The highest BCUT2D eigenvalue weighted by atomic mass is 32.1. The first-order valence-corrected chi connectivity index (χ1v) is 2.48. The summed E-state index contributed by atoms with van der Waals surface area (Å²) in [5.41, 5.74) is 5.86. The Morgan fingerprint density at radius 3 is 2.88 bits per heavy atom. The molecule has 40 valence electrons. The van der Waals surface area contributed by atoms with E-state index in [1.807, 2.05) is 0 Å². The number of aromatic nitrogens is 1. The fourth-order valence-corrected chi connectivity index (χ4v) is 0.428. The number of hydrogen-bond acceptors (Lipinski definition) is 3. The van der Waals surface area contributed by atoms with Crippen molar-refractivity contribution in [3.05, 3.63) is 18.5 Å². The highest BCUT2D eigenvalue weighted by Gasteiger charge is 1.85. The van der Waals surface area contributed by atoms with Gasteiger partial charge in [0.2, 0.25) is 0 Å². The van der Waals surface area contributed by atoms with Gasteiger partial charge in [0.1, 0.15) is 0 Å². The highest BCUT2D eigenvalue weighted by molar-refractivity contribution is 7.80. The molecule has 2 nitrogen and oxygen atoms in total. The van der Waals surface area contributed by atoms with Crippen LogP contribution in [0.5, 0.6) is 0 Å². The molecule has 1 aromatic heterocycles. The Balaban J connectivity index is 3.13. The molecule has 3 heteroatoms. The first-order valence-electron chi connectivity index (χ1n) is 2.03. The van der Waals surface area contributed by atoms with E-state index in [0.29, 0.717) is 10.6 Å². The number of anilines is 1. The van der Waals surface area contributed by atoms with Crippen LogP contribution in [-0.4, -0.2) is 4.98 Å². The van der Waals surface area contributed by atoms with Crippen LogP contribution < -0.4 is 5.73 Å². The molecule has 0 spiro atoms. The van der Waals surface area contributed by atoms with E-state index >= 15 is 0 Å². The van der Waals surface area contributed by atoms with Crippen LogP contribution in [0.25, 0.3) is 0 Å². The van der Waals surface area contributed by atoms with Gasteiger partial charge in [-0.25, -0.2) is 4.98 Å². The minimum absolute atomic E-state index is 0.534. The molecule has 0 radical (unpaired) electrons. The van der Waals surface area contributed by atoms with Crippen molar-refractivity contribution in [3.8, 4) is 0 Å². The van der Waals surface area contributed by atoms with Gasteiger partial charge in [0.15, 0.2) is 0 Å². The lowest BCUT2D eigenvalue weighted by atomic mass is 10.5. The Morgan fingerprint density at radius 1 is 1.75 bits per heavy atom. The van der Waals surface area contributed by atoms with Crippen molar-refractivity contribution in [1.29, 1.82) is 0 Å². The lowest BCUT2D eigenvalue weighted by molar-refractivity contribution is 1.30. The molecule has 0 aliphatic carbocycles. The summed E-state index contributed by atoms with van der Waals surface area (Å²) in [7, 11) is 0. The predicted octanol–water partition coefficient (Wildman–Crippen LogP) is 0.553. The minimum atomic E-state index is 0.534. The van der Waals surface area contributed by atoms with Gasteiger partial charge in [-0.15, -0.1) is 12.6 Å². The third kappa shape index (κ3) is 0.849. The summed E-state index contributed by atoms with van der Waals surface area (Å²) >= 11 is 3.95. The summed E-state index contributed by atoms with van der Waals surface area (Å²) in [4.78, 5) is 4.19. The summed E-state index contributed by atoms with van der Waals surface area (Å²) in [5, 5.41) is 0. The van der Waals surface area contributed by atoms with Crippen LogP contribution in [-0.2, 0) is 0 Å². The number of rotatable bonds is 0. The summed E-state index contributed by atoms with van der Waals surface area (Å²) in [5.74, 6) is 0. The summed E-state index contributed by atoms with van der Waals surface area (Å²) in [6.45, 7) is 0. The SMILES string of the molecule is Nc1cnc#cc1S. The van der Waals surface area contributed by atoms with Crippen molar-refractivity contribution in [2.75, 3.05) is 5.73 Å². The predicted molar refractivity (Wildman–Crippen MR) is 33.6 cm³/mol. The number of thiol groups is 1. The Labute approximate surface area is 53.1 Å². The van der Waals surface area contributed by atoms with E-state index in [9.17, 15) is 0 Å². The van der Waals surface area contributed by atoms with Gasteiger partial charge in [0.25, 0.3) is 0 Å². The van der Waals surface area contributed by atoms with Crippen molar-refractivity contribution >= 4 is 18.3 Å². The molecular formula is C5H4N2S. The van der Waals surface area contributed by atoms with E-state index < -0.39 is 0 Å². The van der Waals surface area contributed by atoms with E-state index in [2.05, 4.69) is 29.9 Å². The molecule has 0 bridgehead atoms. The molecule has 0 saturated heterocycles. The fraction of sp³-hybridized carbons (Fsp3) is 0. The van der Waals surface area contributed by atoms with Crippen LogP contribution in [0.2, 0.25) is 0 Å². The number of hydrogen-bond donors (Lipinski definition) is 2. The maximum absolute atomic E-state index is 5.33. The average molecular weight is 124 g/mol. The van der Waals surface area contributed by atoms with Gasteiger partial charge in [-0.2, -0.15) is 0 Å². The van der Waals surface area contributed by atoms with Gasteiger partial charge in [-0.05, 0) is 6.07 Å². The van der Waals surface area contributed by atoms with Crippen LogP contribution >= 0.6 is 12.6 Å². The van der Waals surface area contributed by atoms with E-state index in [-0.39, 0.29) is 0 Å². The second-order valence-electron chi connectivity index (χ2n) is 1.30. The van der Waals surface area contributed by atoms with Crippen molar-refractivity contribution in [3.63, 3.8) is 0 Å². The number of nitrogens with two attached hydrogens (primary N) is 1. The zero-order valence-corrected chi connectivity index (χ0v) is 4.94. The molecule has 0 saturated carbocycles. The standard InChI is InChI=1S/C5H4N2S/c6-4-3-7-2-1-5(4)8/h3,8H,6H2. The first kappa shape index (κ1) is 5.26. The van der Waals surface area contributed by atoms with E-state index in [1.165, 1.54) is 6.20 Å². The van der Waals surface area contributed by atoms with Crippen LogP contribution in [0.1, 0.15) is 0 Å². The fourth-order valence-electron chi connectivity index (χ4n) is 0.320. The highest BCUT2D eigenvalue weighted by Crippen LogP contribution is 2.08. The van der Waals surface area contributed by atoms with Crippen molar-refractivity contribution < 1.29 is 0 Å². The van der Waals surface area contributed by atoms with Crippen LogP contribution in [0, 0.1) is 12.3 Å².